The van der Waals surface area contributed by atoms with Crippen LogP contribution in [0.5, 0.6) is 0 Å². The van der Waals surface area contributed by atoms with Gasteiger partial charge in [-0.2, -0.15) is 0 Å². The first-order valence-corrected chi connectivity index (χ1v) is 3.46. The quantitative estimate of drug-likeness (QED) is 0.505. The lowest BCUT2D eigenvalue weighted by Crippen LogP contribution is -2.41. The molecule has 0 bridgehead atoms. The van der Waals surface area contributed by atoms with Gasteiger partial charge in [-0.05, 0) is 19.4 Å². The lowest BCUT2D eigenvalue weighted by Gasteiger charge is -2.13. The van der Waals surface area contributed by atoms with Crippen molar-refractivity contribution in [3.8, 4) is 0 Å². The molecule has 2 atom stereocenters. The molecule has 0 amide bonds. The number of rotatable bonds is 5. The van der Waals surface area contributed by atoms with Crippen molar-refractivity contribution in [2.45, 2.75) is 25.0 Å². The molecule has 13 heavy (non-hydrogen) atoms. The van der Waals surface area contributed by atoms with Gasteiger partial charge in [0.2, 0.25) is 0 Å². The summed E-state index contributed by atoms with van der Waals surface area (Å²) in [7, 11) is 0. The van der Waals surface area contributed by atoms with Gasteiger partial charge in [0.25, 0.3) is 0 Å². The molecule has 0 spiro atoms. The van der Waals surface area contributed by atoms with Gasteiger partial charge >= 0.3 is 5.97 Å². The predicted molar refractivity (Wildman–Crippen MR) is 54.4 cm³/mol. The number of carbonyl (C=O) groups is 1. The van der Waals surface area contributed by atoms with Crippen molar-refractivity contribution in [1.29, 1.82) is 0 Å². The van der Waals surface area contributed by atoms with E-state index in [1.54, 1.807) is 0 Å². The number of nitrogens with two attached hydrogens (primary N) is 2. The number of carboxylic acids is 1. The number of aliphatic carboxylic acids is 1. The van der Waals surface area contributed by atoms with E-state index in [9.17, 15) is 4.79 Å². The van der Waals surface area contributed by atoms with Crippen LogP contribution in [0.2, 0.25) is 0 Å². The molecule has 6 N–H and O–H groups in total. The number of halogens is 2. The molecular formula is C6H16Cl2N2O3. The van der Waals surface area contributed by atoms with Crippen molar-refractivity contribution in [3.63, 3.8) is 0 Å². The summed E-state index contributed by atoms with van der Waals surface area (Å²) in [5, 5.41) is 17.4. The van der Waals surface area contributed by atoms with Gasteiger partial charge in [0.05, 0.1) is 6.10 Å². The summed E-state index contributed by atoms with van der Waals surface area (Å²) in [4.78, 5) is 10.2. The molecule has 0 rings (SSSR count). The largest absolute Gasteiger partial charge is 0.480 e. The Morgan fingerprint density at radius 1 is 1.38 bits per heavy atom. The Hall–Kier alpha value is -0.0700. The van der Waals surface area contributed by atoms with E-state index >= 15 is 0 Å². The molecule has 0 aromatic carbocycles. The summed E-state index contributed by atoms with van der Waals surface area (Å²) < 4.78 is 0. The van der Waals surface area contributed by atoms with Gasteiger partial charge in [-0.1, -0.05) is 0 Å². The molecule has 0 saturated carbocycles. The molecule has 7 heteroatoms. The first-order valence-electron chi connectivity index (χ1n) is 3.46. The van der Waals surface area contributed by atoms with Gasteiger partial charge < -0.3 is 21.7 Å². The third-order valence-electron chi connectivity index (χ3n) is 1.40. The van der Waals surface area contributed by atoms with Crippen molar-refractivity contribution in [2.24, 2.45) is 11.5 Å². The normalized spacial score (nSPS) is 13.5. The van der Waals surface area contributed by atoms with Crippen LogP contribution >= 0.6 is 24.8 Å². The Kier molecular flexibility index (Phi) is 14.4. The average molecular weight is 235 g/mol. The Labute approximate surface area is 89.3 Å². The van der Waals surface area contributed by atoms with E-state index in [4.69, 9.17) is 21.7 Å². The van der Waals surface area contributed by atoms with Crippen LogP contribution in [-0.4, -0.2) is 34.9 Å². The highest BCUT2D eigenvalue weighted by molar-refractivity contribution is 5.85. The molecule has 0 heterocycles. The number of aliphatic hydroxyl groups is 1. The molecule has 0 aromatic heterocycles. The maximum absolute atomic E-state index is 10.2. The van der Waals surface area contributed by atoms with E-state index < -0.39 is 18.1 Å². The van der Waals surface area contributed by atoms with Crippen LogP contribution in [0.15, 0.2) is 0 Å². The van der Waals surface area contributed by atoms with Crippen LogP contribution in [0, 0.1) is 0 Å². The van der Waals surface area contributed by atoms with Crippen LogP contribution in [0.3, 0.4) is 0 Å². The van der Waals surface area contributed by atoms with Gasteiger partial charge in [0.1, 0.15) is 6.04 Å². The van der Waals surface area contributed by atoms with Crippen LogP contribution in [0.1, 0.15) is 12.8 Å². The fraction of sp³-hybridized carbons (Fsp3) is 0.833. The van der Waals surface area contributed by atoms with E-state index in [0.29, 0.717) is 19.4 Å². The zero-order valence-electron chi connectivity index (χ0n) is 7.05. The Morgan fingerprint density at radius 2 is 1.85 bits per heavy atom. The van der Waals surface area contributed by atoms with Crippen molar-refractivity contribution >= 4 is 30.8 Å². The van der Waals surface area contributed by atoms with Crippen LogP contribution in [-0.2, 0) is 4.79 Å². The summed E-state index contributed by atoms with van der Waals surface area (Å²) in [6.45, 7) is 0.434. The van der Waals surface area contributed by atoms with Crippen molar-refractivity contribution in [2.75, 3.05) is 6.54 Å². The molecule has 0 aliphatic carbocycles. The van der Waals surface area contributed by atoms with E-state index in [1.165, 1.54) is 0 Å². The van der Waals surface area contributed by atoms with Gasteiger partial charge in [-0.15, -0.1) is 24.8 Å². The minimum absolute atomic E-state index is 0. The summed E-state index contributed by atoms with van der Waals surface area (Å²) >= 11 is 0. The maximum Gasteiger partial charge on any atom is 0.323 e. The van der Waals surface area contributed by atoms with Gasteiger partial charge in [0, 0.05) is 0 Å². The lowest BCUT2D eigenvalue weighted by atomic mass is 10.1. The molecule has 5 nitrogen and oxygen atoms in total. The molecule has 0 fully saturated rings. The van der Waals surface area contributed by atoms with Crippen molar-refractivity contribution in [1.82, 2.24) is 0 Å². The Balaban J connectivity index is -0.000000500. The van der Waals surface area contributed by atoms with E-state index in [2.05, 4.69) is 0 Å². The molecule has 0 aromatic rings. The van der Waals surface area contributed by atoms with E-state index in [1.807, 2.05) is 0 Å². The second-order valence-electron chi connectivity index (χ2n) is 2.36. The predicted octanol–water partition coefficient (Wildman–Crippen LogP) is -0.658. The monoisotopic (exact) mass is 234 g/mol. The second-order valence-corrected chi connectivity index (χ2v) is 2.36. The summed E-state index contributed by atoms with van der Waals surface area (Å²) in [6.07, 6.45) is -0.0670. The molecule has 0 unspecified atom stereocenters. The smallest absolute Gasteiger partial charge is 0.323 e. The zero-order chi connectivity index (χ0) is 8.85. The summed E-state index contributed by atoms with van der Waals surface area (Å²) in [5.41, 5.74) is 10.3. The minimum Gasteiger partial charge on any atom is -0.480 e. The van der Waals surface area contributed by atoms with Crippen LogP contribution < -0.4 is 11.5 Å². The van der Waals surface area contributed by atoms with Gasteiger partial charge in [0.15, 0.2) is 0 Å². The van der Waals surface area contributed by atoms with Crippen molar-refractivity contribution < 1.29 is 15.0 Å². The Bertz CT molecular complexity index is 137. The molecular weight excluding hydrogens is 219 g/mol. The third kappa shape index (κ3) is 8.27. The highest BCUT2D eigenvalue weighted by Crippen LogP contribution is 1.99. The molecule has 0 aliphatic rings. The molecule has 0 saturated heterocycles. The fourth-order valence-corrected chi connectivity index (χ4v) is 0.671. The van der Waals surface area contributed by atoms with E-state index in [-0.39, 0.29) is 24.8 Å². The second kappa shape index (κ2) is 10.0. The van der Waals surface area contributed by atoms with Crippen LogP contribution in [0.4, 0.5) is 0 Å². The SMILES string of the molecule is Cl.Cl.NCCC[C@H](O)[C@H](N)C(=O)O. The first kappa shape index (κ1) is 18.7. The fourth-order valence-electron chi connectivity index (χ4n) is 0.671. The zero-order valence-corrected chi connectivity index (χ0v) is 8.68. The molecule has 0 radical (unpaired) electrons. The van der Waals surface area contributed by atoms with E-state index in [0.717, 1.165) is 0 Å². The summed E-state index contributed by atoms with van der Waals surface area (Å²) in [6, 6.07) is -1.19. The number of hydrogen-bond acceptors (Lipinski definition) is 4. The van der Waals surface area contributed by atoms with Crippen LogP contribution in [0.25, 0.3) is 0 Å². The highest BCUT2D eigenvalue weighted by Gasteiger charge is 2.20. The topological polar surface area (TPSA) is 110 Å². The van der Waals surface area contributed by atoms with Gasteiger partial charge in [-0.3, -0.25) is 4.79 Å². The Morgan fingerprint density at radius 3 is 2.15 bits per heavy atom. The standard InChI is InChI=1S/C6H14N2O3.2ClH/c7-3-1-2-4(9)5(8)6(10)11;;/h4-5,9H,1-3,7-8H2,(H,10,11);2*1H/t4-,5-;;/m0../s1. The van der Waals surface area contributed by atoms with Gasteiger partial charge in [-0.25, -0.2) is 0 Å². The average Bonchev–Trinajstić information content (AvgIpc) is 1.98. The number of aliphatic hydroxyl groups excluding tert-OH is 1. The van der Waals surface area contributed by atoms with Crippen molar-refractivity contribution in [3.05, 3.63) is 0 Å². The first-order chi connectivity index (χ1) is 5.09. The third-order valence-corrected chi connectivity index (χ3v) is 1.40. The maximum atomic E-state index is 10.2. The minimum atomic E-state index is -1.19. The molecule has 0 aliphatic heterocycles. The molecule has 82 valence electrons. The summed E-state index contributed by atoms with van der Waals surface area (Å²) in [5.74, 6) is -1.19. The highest BCUT2D eigenvalue weighted by atomic mass is 35.5. The number of hydrogen-bond donors (Lipinski definition) is 4. The number of carboxylic acid groups (broad SMARTS) is 1. The lowest BCUT2D eigenvalue weighted by molar-refractivity contribution is -0.141.